The normalized spacial score (nSPS) is 31.8. The van der Waals surface area contributed by atoms with Gasteiger partial charge in [0, 0.05) is 56.8 Å². The zero-order valence-electron chi connectivity index (χ0n) is 27.8. The summed E-state index contributed by atoms with van der Waals surface area (Å²) in [5.74, 6) is -3.25. The number of esters is 1. The first-order valence-corrected chi connectivity index (χ1v) is 18.4. The number of hydrogen-bond acceptors (Lipinski definition) is 9. The van der Waals surface area contributed by atoms with Crippen molar-refractivity contribution in [2.24, 2.45) is 11.8 Å². The summed E-state index contributed by atoms with van der Waals surface area (Å²) in [6.07, 6.45) is 7.71. The molecule has 6 atom stereocenters. The Hall–Kier alpha value is -3.10. The van der Waals surface area contributed by atoms with Crippen molar-refractivity contribution in [3.63, 3.8) is 0 Å². The second-order valence-corrected chi connectivity index (χ2v) is 14.3. The Bertz CT molecular complexity index is 1420. The number of benzene rings is 1. The molecule has 3 amide bonds. The van der Waals surface area contributed by atoms with Gasteiger partial charge in [-0.25, -0.2) is 0 Å². The molecule has 0 aliphatic carbocycles. The van der Waals surface area contributed by atoms with E-state index in [2.05, 4.69) is 26.1 Å². The lowest BCUT2D eigenvalue weighted by Gasteiger charge is -2.37. The minimum atomic E-state index is -1.35. The van der Waals surface area contributed by atoms with Crippen molar-refractivity contribution < 1.29 is 38.5 Å². The highest BCUT2D eigenvalue weighted by atomic mass is 79.9. The van der Waals surface area contributed by atoms with Crippen LogP contribution in [-0.4, -0.2) is 127 Å². The number of cyclic esters (lactones) is 1. The topological polar surface area (TPSA) is 138 Å². The predicted molar refractivity (Wildman–Crippen MR) is 183 cm³/mol. The fourth-order valence-electron chi connectivity index (χ4n) is 7.75. The van der Waals surface area contributed by atoms with Gasteiger partial charge in [-0.2, -0.15) is 0 Å². The first-order chi connectivity index (χ1) is 23.8. The number of aliphatic hydroxyl groups excluding tert-OH is 1. The van der Waals surface area contributed by atoms with Gasteiger partial charge < -0.3 is 34.4 Å². The molecule has 1 aromatic rings. The SMILES string of the molecule is O=C1CC/C=C\CN(CCN2CCOCC2)C(=O)[C@@H]2N(CCCCCCO)C(=O)[C@H]3[C@H](C(=O)O[C@H](c4ccccc4)CN1)[C@H]1O[C@@]23C=C1Br. The van der Waals surface area contributed by atoms with Gasteiger partial charge >= 0.3 is 5.97 Å². The number of halogens is 1. The van der Waals surface area contributed by atoms with Gasteiger partial charge in [0.05, 0.1) is 25.7 Å². The molecule has 0 unspecified atom stereocenters. The van der Waals surface area contributed by atoms with Gasteiger partial charge in [0.15, 0.2) is 0 Å². The Morgan fingerprint density at radius 3 is 2.49 bits per heavy atom. The number of allylic oxidation sites excluding steroid dienone is 1. The van der Waals surface area contributed by atoms with Gasteiger partial charge in [-0.1, -0.05) is 71.3 Å². The van der Waals surface area contributed by atoms with Crippen LogP contribution >= 0.6 is 15.9 Å². The van der Waals surface area contributed by atoms with E-state index >= 15 is 0 Å². The van der Waals surface area contributed by atoms with Crippen molar-refractivity contribution in [1.82, 2.24) is 20.0 Å². The summed E-state index contributed by atoms with van der Waals surface area (Å²) in [6, 6.07) is 8.24. The smallest absolute Gasteiger partial charge is 0.313 e. The Labute approximate surface area is 295 Å². The molecule has 5 bridgehead atoms. The van der Waals surface area contributed by atoms with Crippen LogP contribution in [0.5, 0.6) is 0 Å². The number of hydrogen-bond donors (Lipinski definition) is 2. The van der Waals surface area contributed by atoms with Crippen molar-refractivity contribution >= 4 is 39.6 Å². The largest absolute Gasteiger partial charge is 0.455 e. The molecule has 1 aromatic carbocycles. The van der Waals surface area contributed by atoms with Crippen molar-refractivity contribution in [2.75, 3.05) is 65.6 Å². The van der Waals surface area contributed by atoms with Crippen LogP contribution < -0.4 is 5.32 Å². The monoisotopic (exact) mass is 742 g/mol. The highest BCUT2D eigenvalue weighted by Gasteiger charge is 2.74. The van der Waals surface area contributed by atoms with Gasteiger partial charge in [-0.15, -0.1) is 0 Å². The zero-order valence-corrected chi connectivity index (χ0v) is 29.4. The van der Waals surface area contributed by atoms with E-state index in [0.717, 1.165) is 25.9 Å². The molecule has 2 N–H and O–H groups in total. The average Bonchev–Trinajstić information content (AvgIpc) is 3.70. The molecule has 0 saturated carbocycles. The molecule has 5 aliphatic heterocycles. The highest BCUT2D eigenvalue weighted by molar-refractivity contribution is 9.11. The summed E-state index contributed by atoms with van der Waals surface area (Å²) in [5.41, 5.74) is -0.633. The fraction of sp³-hybridized carbons (Fsp3) is 0.611. The summed E-state index contributed by atoms with van der Waals surface area (Å²) in [5, 5.41) is 12.2. The maximum Gasteiger partial charge on any atom is 0.313 e. The molecule has 5 aliphatic rings. The molecule has 12 nitrogen and oxygen atoms in total. The fourth-order valence-corrected chi connectivity index (χ4v) is 8.48. The van der Waals surface area contributed by atoms with E-state index < -0.39 is 41.7 Å². The van der Waals surface area contributed by atoms with Crippen LogP contribution in [0.25, 0.3) is 0 Å². The van der Waals surface area contributed by atoms with Crippen molar-refractivity contribution in [3.8, 4) is 0 Å². The number of nitrogens with zero attached hydrogens (tertiary/aromatic N) is 3. The number of unbranched alkanes of at least 4 members (excludes halogenated alkanes) is 3. The summed E-state index contributed by atoms with van der Waals surface area (Å²) in [7, 11) is 0. The third-order valence-electron chi connectivity index (χ3n) is 10.3. The summed E-state index contributed by atoms with van der Waals surface area (Å²) in [4.78, 5) is 62.1. The Balaban J connectivity index is 1.35. The van der Waals surface area contributed by atoms with E-state index in [1.165, 1.54) is 0 Å². The van der Waals surface area contributed by atoms with E-state index in [4.69, 9.17) is 14.2 Å². The van der Waals surface area contributed by atoms with Crippen LogP contribution in [0.2, 0.25) is 0 Å². The van der Waals surface area contributed by atoms with E-state index in [0.29, 0.717) is 68.7 Å². The lowest BCUT2D eigenvalue weighted by molar-refractivity contribution is -0.159. The zero-order chi connectivity index (χ0) is 34.4. The Morgan fingerprint density at radius 1 is 0.939 bits per heavy atom. The van der Waals surface area contributed by atoms with Crippen LogP contribution in [0.4, 0.5) is 0 Å². The standard InChI is InChI=1S/C36H47BrN4O8/c37-26-23-36-30-29(31(26)49-36)35(46)48-27(25-11-5-3-6-12-25)24-38-28(43)13-7-4-8-14-40(17-16-39-18-21-47-22-19-39)34(45)32(36)41(33(30)44)15-9-1-2-10-20-42/h3-6,8,11-12,23,27,29-32,42H,1-2,7,9-10,13-22,24H2,(H,38,43)/b8-4-/t27-,29-,30+,31-,32-,36+/m0/s1. The van der Waals surface area contributed by atoms with Gasteiger partial charge in [-0.3, -0.25) is 24.1 Å². The molecular weight excluding hydrogens is 696 g/mol. The second-order valence-electron chi connectivity index (χ2n) is 13.4. The highest BCUT2D eigenvalue weighted by Crippen LogP contribution is 2.59. The second kappa shape index (κ2) is 16.3. The summed E-state index contributed by atoms with van der Waals surface area (Å²) in [6.45, 7) is 4.70. The first kappa shape index (κ1) is 35.7. The molecule has 6 rings (SSSR count). The van der Waals surface area contributed by atoms with Crippen LogP contribution in [0.1, 0.15) is 50.2 Å². The van der Waals surface area contributed by atoms with Crippen molar-refractivity contribution in [3.05, 3.63) is 58.6 Å². The molecule has 1 spiro atoms. The maximum absolute atomic E-state index is 14.9. The number of likely N-dealkylation sites (tertiary alicyclic amines) is 1. The van der Waals surface area contributed by atoms with Crippen molar-refractivity contribution in [1.29, 1.82) is 0 Å². The first-order valence-electron chi connectivity index (χ1n) is 17.6. The number of ether oxygens (including phenoxy) is 3. The van der Waals surface area contributed by atoms with Crippen molar-refractivity contribution in [2.45, 2.75) is 62.4 Å². The third-order valence-corrected chi connectivity index (χ3v) is 11.0. The number of fused-ring (bicyclic) bond motifs is 2. The lowest BCUT2D eigenvalue weighted by Crippen LogP contribution is -2.57. The summed E-state index contributed by atoms with van der Waals surface area (Å²) >= 11 is 3.63. The molecule has 0 aromatic heterocycles. The number of morpholine rings is 1. The Kier molecular flexibility index (Phi) is 11.9. The number of amides is 3. The molecule has 5 heterocycles. The lowest BCUT2D eigenvalue weighted by atomic mass is 9.74. The number of nitrogens with one attached hydrogen (secondary N) is 1. The average molecular weight is 744 g/mol. The van der Waals surface area contributed by atoms with E-state index in [-0.39, 0.29) is 37.3 Å². The van der Waals surface area contributed by atoms with Gasteiger partial charge in [0.1, 0.15) is 29.8 Å². The van der Waals surface area contributed by atoms with Gasteiger partial charge in [-0.05, 0) is 30.9 Å². The molecule has 49 heavy (non-hydrogen) atoms. The molecule has 0 radical (unpaired) electrons. The predicted octanol–water partition coefficient (Wildman–Crippen LogP) is 2.32. The van der Waals surface area contributed by atoms with Crippen LogP contribution in [-0.2, 0) is 33.4 Å². The minimum absolute atomic E-state index is 0.0771. The minimum Gasteiger partial charge on any atom is -0.455 e. The quantitative estimate of drug-likeness (QED) is 0.210. The number of rotatable bonds is 10. The third kappa shape index (κ3) is 7.65. The van der Waals surface area contributed by atoms with Crippen LogP contribution in [0, 0.1) is 11.8 Å². The van der Waals surface area contributed by atoms with E-state index in [9.17, 15) is 24.3 Å². The molecule has 13 heteroatoms. The number of carbonyl (C=O) groups excluding carboxylic acids is 4. The molecule has 3 fully saturated rings. The number of carbonyl (C=O) groups is 4. The molecular formula is C36H47BrN4O8. The van der Waals surface area contributed by atoms with Gasteiger partial charge in [0.2, 0.25) is 17.7 Å². The Morgan fingerprint density at radius 2 is 1.71 bits per heavy atom. The van der Waals surface area contributed by atoms with Crippen LogP contribution in [0.15, 0.2) is 53.0 Å². The van der Waals surface area contributed by atoms with Crippen LogP contribution in [0.3, 0.4) is 0 Å². The number of aliphatic hydroxyl groups is 1. The molecule has 3 saturated heterocycles. The van der Waals surface area contributed by atoms with E-state index in [1.54, 1.807) is 9.80 Å². The van der Waals surface area contributed by atoms with E-state index in [1.807, 2.05) is 48.6 Å². The summed E-state index contributed by atoms with van der Waals surface area (Å²) < 4.78 is 18.9. The maximum atomic E-state index is 14.9. The molecule has 266 valence electrons. The van der Waals surface area contributed by atoms with Gasteiger partial charge in [0.25, 0.3) is 0 Å².